The second-order valence-corrected chi connectivity index (χ2v) is 5.82. The number of carbonyl (C=O) groups excluding carboxylic acids is 1. The molecule has 0 radical (unpaired) electrons. The van der Waals surface area contributed by atoms with Crippen LogP contribution in [0.15, 0.2) is 24.3 Å². The van der Waals surface area contributed by atoms with Gasteiger partial charge in [0.25, 0.3) is 0 Å². The van der Waals surface area contributed by atoms with E-state index in [1.165, 1.54) is 31.4 Å². The van der Waals surface area contributed by atoms with Gasteiger partial charge in [-0.2, -0.15) is 0 Å². The van der Waals surface area contributed by atoms with Gasteiger partial charge in [0.2, 0.25) is 3.49 Å². The highest BCUT2D eigenvalue weighted by Crippen LogP contribution is 2.39. The van der Waals surface area contributed by atoms with E-state index in [0.29, 0.717) is 11.1 Å². The first-order chi connectivity index (χ1) is 6.45. The molecule has 0 saturated heterocycles. The number of hydrogen-bond donors (Lipinski definition) is 0. The zero-order valence-corrected chi connectivity index (χ0v) is 10.4. The van der Waals surface area contributed by atoms with Crippen molar-refractivity contribution in [3.63, 3.8) is 0 Å². The van der Waals surface area contributed by atoms with E-state index in [-0.39, 0.29) is 0 Å². The van der Waals surface area contributed by atoms with Crippen LogP contribution >= 0.6 is 31.9 Å². The van der Waals surface area contributed by atoms with Gasteiger partial charge in [-0.05, 0) is 44.0 Å². The maximum absolute atomic E-state index is 13.3. The highest BCUT2D eigenvalue weighted by Gasteiger charge is 2.23. The molecule has 1 aromatic rings. The number of halogens is 3. The molecule has 0 atom stereocenters. The van der Waals surface area contributed by atoms with Gasteiger partial charge in [0.05, 0.1) is 12.7 Å². The van der Waals surface area contributed by atoms with Crippen molar-refractivity contribution < 1.29 is 13.9 Å². The predicted molar refractivity (Wildman–Crippen MR) is 58.4 cm³/mol. The third-order valence-corrected chi connectivity index (χ3v) is 2.55. The van der Waals surface area contributed by atoms with Crippen LogP contribution in [-0.4, -0.2) is 13.1 Å². The van der Waals surface area contributed by atoms with Gasteiger partial charge in [-0.25, -0.2) is 9.18 Å². The van der Waals surface area contributed by atoms with Crippen LogP contribution in [0, 0.1) is 0 Å². The van der Waals surface area contributed by atoms with Crippen LogP contribution in [0.3, 0.4) is 0 Å². The minimum absolute atomic E-state index is 0.380. The van der Waals surface area contributed by atoms with Crippen molar-refractivity contribution in [1.29, 1.82) is 0 Å². The summed E-state index contributed by atoms with van der Waals surface area (Å²) in [5.74, 6) is -0.440. The molecule has 76 valence electrons. The van der Waals surface area contributed by atoms with Crippen molar-refractivity contribution in [3.8, 4) is 0 Å². The van der Waals surface area contributed by atoms with Gasteiger partial charge in [-0.3, -0.25) is 0 Å². The molecule has 0 aliphatic carbocycles. The Morgan fingerprint density at radius 3 is 2.21 bits per heavy atom. The quantitative estimate of drug-likeness (QED) is 0.615. The second kappa shape index (κ2) is 4.40. The minimum atomic E-state index is -1.76. The molecule has 0 amide bonds. The zero-order valence-electron chi connectivity index (χ0n) is 7.26. The largest absolute Gasteiger partial charge is 0.465 e. The topological polar surface area (TPSA) is 26.3 Å². The van der Waals surface area contributed by atoms with E-state index in [0.717, 1.165) is 0 Å². The summed E-state index contributed by atoms with van der Waals surface area (Å²) in [6.07, 6.45) is 0. The number of carbonyl (C=O) groups is 1. The summed E-state index contributed by atoms with van der Waals surface area (Å²) in [4.78, 5) is 11.0. The van der Waals surface area contributed by atoms with E-state index in [1.54, 1.807) is 0 Å². The third-order valence-electron chi connectivity index (χ3n) is 1.63. The zero-order chi connectivity index (χ0) is 10.8. The number of esters is 1. The highest BCUT2D eigenvalue weighted by atomic mass is 79.9. The number of alkyl halides is 3. The van der Waals surface area contributed by atoms with Gasteiger partial charge in [0, 0.05) is 5.56 Å². The molecule has 0 saturated carbocycles. The molecule has 5 heteroatoms. The molecule has 0 aromatic heterocycles. The Kier molecular flexibility index (Phi) is 3.66. The Balaban J connectivity index is 2.95. The summed E-state index contributed by atoms with van der Waals surface area (Å²) >= 11 is 5.60. The van der Waals surface area contributed by atoms with E-state index >= 15 is 0 Å². The lowest BCUT2D eigenvalue weighted by atomic mass is 10.1. The molecule has 2 nitrogen and oxygen atoms in total. The summed E-state index contributed by atoms with van der Waals surface area (Å²) in [6.45, 7) is 0. The summed E-state index contributed by atoms with van der Waals surface area (Å²) in [5, 5.41) is 0. The minimum Gasteiger partial charge on any atom is -0.465 e. The summed E-state index contributed by atoms with van der Waals surface area (Å²) < 4.78 is 16.0. The molecule has 0 spiro atoms. The molecule has 1 rings (SSSR count). The van der Waals surface area contributed by atoms with Crippen molar-refractivity contribution >= 4 is 37.8 Å². The molecule has 14 heavy (non-hydrogen) atoms. The molecule has 0 aliphatic rings. The van der Waals surface area contributed by atoms with E-state index in [4.69, 9.17) is 0 Å². The lowest BCUT2D eigenvalue weighted by molar-refractivity contribution is 0.0600. The average Bonchev–Trinajstić information content (AvgIpc) is 2.15. The van der Waals surface area contributed by atoms with Crippen molar-refractivity contribution in [2.24, 2.45) is 0 Å². The average molecular weight is 326 g/mol. The molecule has 1 aromatic carbocycles. The Bertz CT molecular complexity index is 330. The van der Waals surface area contributed by atoms with Gasteiger partial charge in [-0.15, -0.1) is 0 Å². The fourth-order valence-electron chi connectivity index (χ4n) is 0.913. The van der Waals surface area contributed by atoms with E-state index in [1.807, 2.05) is 0 Å². The van der Waals surface area contributed by atoms with E-state index in [2.05, 4.69) is 36.6 Å². The van der Waals surface area contributed by atoms with E-state index in [9.17, 15) is 9.18 Å². The Morgan fingerprint density at radius 2 is 1.86 bits per heavy atom. The first-order valence-corrected chi connectivity index (χ1v) is 5.29. The van der Waals surface area contributed by atoms with Gasteiger partial charge < -0.3 is 4.74 Å². The number of benzene rings is 1. The van der Waals surface area contributed by atoms with Crippen molar-refractivity contribution in [2.75, 3.05) is 7.11 Å². The summed E-state index contributed by atoms with van der Waals surface area (Å²) in [6, 6.07) is 5.99. The molecule has 0 unspecified atom stereocenters. The maximum atomic E-state index is 13.3. The van der Waals surface area contributed by atoms with Crippen LogP contribution in [0.1, 0.15) is 15.9 Å². The lowest BCUT2D eigenvalue weighted by Gasteiger charge is -2.10. The Hall–Kier alpha value is -0.420. The highest BCUT2D eigenvalue weighted by molar-refractivity contribution is 9.24. The van der Waals surface area contributed by atoms with Crippen LogP contribution < -0.4 is 0 Å². The van der Waals surface area contributed by atoms with Crippen LogP contribution in [-0.2, 0) is 8.22 Å². The normalized spacial score (nSPS) is 11.1. The Labute approximate surface area is 97.7 Å². The number of methoxy groups -OCH3 is 1. The summed E-state index contributed by atoms with van der Waals surface area (Å²) in [5.41, 5.74) is 0.769. The molecular weight excluding hydrogens is 319 g/mol. The lowest BCUT2D eigenvalue weighted by Crippen LogP contribution is -2.04. The smallest absolute Gasteiger partial charge is 0.337 e. The Morgan fingerprint density at radius 1 is 1.36 bits per heavy atom. The standard InChI is InChI=1S/C9H7Br2FO2/c1-14-8(13)6-2-4-7(5-3-6)9(10,11)12/h2-5H,1H3. The van der Waals surface area contributed by atoms with Gasteiger partial charge in [0.15, 0.2) is 0 Å². The van der Waals surface area contributed by atoms with Crippen LogP contribution in [0.25, 0.3) is 0 Å². The predicted octanol–water partition coefficient (Wildman–Crippen LogP) is 3.34. The molecule has 0 bridgehead atoms. The second-order valence-electron chi connectivity index (χ2n) is 2.57. The summed E-state index contributed by atoms with van der Waals surface area (Å²) in [7, 11) is 1.30. The van der Waals surface area contributed by atoms with Gasteiger partial charge in [0.1, 0.15) is 0 Å². The monoisotopic (exact) mass is 324 g/mol. The number of ether oxygens (including phenoxy) is 1. The fourth-order valence-corrected chi connectivity index (χ4v) is 1.44. The molecule has 0 N–H and O–H groups in total. The van der Waals surface area contributed by atoms with Crippen molar-refractivity contribution in [3.05, 3.63) is 35.4 Å². The first-order valence-electron chi connectivity index (χ1n) is 3.70. The van der Waals surface area contributed by atoms with Gasteiger partial charge in [-0.1, -0.05) is 12.1 Å². The van der Waals surface area contributed by atoms with Gasteiger partial charge >= 0.3 is 5.97 Å². The third kappa shape index (κ3) is 2.78. The van der Waals surface area contributed by atoms with E-state index < -0.39 is 9.46 Å². The number of rotatable bonds is 2. The molecule has 0 heterocycles. The van der Waals surface area contributed by atoms with Crippen LogP contribution in [0.2, 0.25) is 0 Å². The first kappa shape index (κ1) is 11.7. The molecule has 0 fully saturated rings. The fraction of sp³-hybridized carbons (Fsp3) is 0.222. The van der Waals surface area contributed by atoms with Crippen LogP contribution in [0.5, 0.6) is 0 Å². The SMILES string of the molecule is COC(=O)c1ccc(C(F)(Br)Br)cc1. The number of hydrogen-bond acceptors (Lipinski definition) is 2. The molecule has 0 aliphatic heterocycles. The maximum Gasteiger partial charge on any atom is 0.337 e. The van der Waals surface area contributed by atoms with Crippen molar-refractivity contribution in [2.45, 2.75) is 3.49 Å². The molecular formula is C9H7Br2FO2. The van der Waals surface area contributed by atoms with Crippen LogP contribution in [0.4, 0.5) is 4.39 Å². The van der Waals surface area contributed by atoms with Crippen molar-refractivity contribution in [1.82, 2.24) is 0 Å².